The van der Waals surface area contributed by atoms with Crippen LogP contribution in [0.25, 0.3) is 26.6 Å². The summed E-state index contributed by atoms with van der Waals surface area (Å²) in [5.74, 6) is -0.892. The molecule has 10 heteroatoms. The first kappa shape index (κ1) is 19.2. The number of aromatic nitrogens is 1. The van der Waals surface area contributed by atoms with Crippen LogP contribution >= 0.6 is 11.3 Å². The van der Waals surface area contributed by atoms with Crippen LogP contribution in [-0.4, -0.2) is 41.3 Å². The second-order valence-electron chi connectivity index (χ2n) is 8.18. The molecule has 4 aromatic rings. The minimum atomic E-state index is -1.60. The van der Waals surface area contributed by atoms with Gasteiger partial charge in [0.05, 0.1) is 38.4 Å². The molecule has 8 nitrogen and oxygen atoms in total. The van der Waals surface area contributed by atoms with E-state index in [4.69, 9.17) is 15.6 Å². The van der Waals surface area contributed by atoms with Gasteiger partial charge < -0.3 is 20.5 Å². The van der Waals surface area contributed by atoms with Crippen molar-refractivity contribution in [3.8, 4) is 5.75 Å². The molecule has 32 heavy (non-hydrogen) atoms. The maximum atomic E-state index is 15.7. The Balaban J connectivity index is 1.71. The van der Waals surface area contributed by atoms with Gasteiger partial charge in [0, 0.05) is 31.4 Å². The molecule has 3 N–H and O–H groups in total. The van der Waals surface area contributed by atoms with Gasteiger partial charge in [-0.3, -0.25) is 14.2 Å². The van der Waals surface area contributed by atoms with E-state index < -0.39 is 22.9 Å². The first-order valence-corrected chi connectivity index (χ1v) is 10.8. The minimum Gasteiger partial charge on any atom is -0.449 e. The third-order valence-electron chi connectivity index (χ3n) is 6.46. The highest BCUT2D eigenvalue weighted by Crippen LogP contribution is 2.41. The van der Waals surface area contributed by atoms with E-state index >= 15 is 4.39 Å². The fourth-order valence-corrected chi connectivity index (χ4v) is 6.10. The Morgan fingerprint density at radius 2 is 2.25 bits per heavy atom. The summed E-state index contributed by atoms with van der Waals surface area (Å²) >= 11 is 1.18. The minimum absolute atomic E-state index is 0.0285. The van der Waals surface area contributed by atoms with Crippen LogP contribution in [0.5, 0.6) is 5.75 Å². The van der Waals surface area contributed by atoms with Gasteiger partial charge in [0.15, 0.2) is 0 Å². The predicted molar refractivity (Wildman–Crippen MR) is 120 cm³/mol. The average molecular weight is 452 g/mol. The Labute approximate surface area is 183 Å². The van der Waals surface area contributed by atoms with Crippen LogP contribution in [-0.2, 0) is 0 Å². The van der Waals surface area contributed by atoms with Crippen LogP contribution in [0.3, 0.4) is 0 Å². The lowest BCUT2D eigenvalue weighted by Gasteiger charge is -2.27. The fraction of sp³-hybridized carbons (Fsp3) is 0.227. The van der Waals surface area contributed by atoms with Crippen molar-refractivity contribution in [2.75, 3.05) is 25.0 Å². The van der Waals surface area contributed by atoms with Gasteiger partial charge in [0.1, 0.15) is 10.6 Å². The van der Waals surface area contributed by atoms with Gasteiger partial charge in [0.25, 0.3) is 0 Å². The highest BCUT2D eigenvalue weighted by molar-refractivity contribution is 7.16. The monoisotopic (exact) mass is 452 g/mol. The highest BCUT2D eigenvalue weighted by atomic mass is 32.1. The summed E-state index contributed by atoms with van der Waals surface area (Å²) in [6.07, 6.45) is 6.21. The van der Waals surface area contributed by atoms with Gasteiger partial charge in [-0.15, -0.1) is 11.3 Å². The lowest BCUT2D eigenvalue weighted by Crippen LogP contribution is -2.46. The lowest BCUT2D eigenvalue weighted by atomic mass is 9.85. The van der Waals surface area contributed by atoms with Crippen LogP contribution < -0.4 is 26.2 Å². The van der Waals surface area contributed by atoms with Gasteiger partial charge in [-0.25, -0.2) is 9.18 Å². The Morgan fingerprint density at radius 3 is 2.97 bits per heavy atom. The number of ether oxygens (including phenoxy) is 1. The maximum absolute atomic E-state index is 15.7. The molecule has 0 saturated carbocycles. The molecule has 1 fully saturated rings. The van der Waals surface area contributed by atoms with Crippen LogP contribution in [0.1, 0.15) is 0 Å². The van der Waals surface area contributed by atoms with Crippen molar-refractivity contribution in [1.82, 2.24) is 4.40 Å². The van der Waals surface area contributed by atoms with Crippen LogP contribution in [0.15, 0.2) is 45.5 Å². The molecule has 0 bridgehead atoms. The number of allylic oxidation sites excluding steroid dienone is 2. The molecule has 4 heterocycles. The fourth-order valence-electron chi connectivity index (χ4n) is 5.12. The molecule has 0 amide bonds. The van der Waals surface area contributed by atoms with Crippen molar-refractivity contribution >= 4 is 49.8 Å². The van der Waals surface area contributed by atoms with E-state index in [2.05, 4.69) is 4.99 Å². The number of anilines is 1. The zero-order valence-electron chi connectivity index (χ0n) is 16.8. The Bertz CT molecular complexity index is 1620. The second-order valence-corrected chi connectivity index (χ2v) is 9.04. The number of halogens is 1. The van der Waals surface area contributed by atoms with E-state index in [1.807, 2.05) is 29.2 Å². The summed E-state index contributed by atoms with van der Waals surface area (Å²) < 4.78 is 22.2. The largest absolute Gasteiger partial charge is 0.511 e. The van der Waals surface area contributed by atoms with Gasteiger partial charge in [-0.1, -0.05) is 24.3 Å². The SMILES string of the molecule is CN=c1c2c(N3CC4C=CC=CC4(N)C3)c(F)cc3c(=O)c(OC(=O)O)c4scc1n4c32. The van der Waals surface area contributed by atoms with E-state index in [1.165, 1.54) is 11.3 Å². The molecule has 1 aliphatic heterocycles. The summed E-state index contributed by atoms with van der Waals surface area (Å²) in [6.45, 7) is 0.935. The van der Waals surface area contributed by atoms with Crippen LogP contribution in [0.2, 0.25) is 0 Å². The molecule has 3 aromatic heterocycles. The lowest BCUT2D eigenvalue weighted by molar-refractivity contribution is 0.144. The van der Waals surface area contributed by atoms with Gasteiger partial charge >= 0.3 is 6.16 Å². The number of nitrogens with zero attached hydrogens (tertiary/aromatic N) is 3. The Hall–Kier alpha value is -3.50. The molecule has 0 spiro atoms. The number of benzene rings is 1. The van der Waals surface area contributed by atoms with Crippen molar-refractivity contribution in [2.24, 2.45) is 16.6 Å². The molecular formula is C22H17FN4O4S. The number of carboxylic acid groups (broad SMARTS) is 1. The highest BCUT2D eigenvalue weighted by Gasteiger charge is 2.43. The van der Waals surface area contributed by atoms with E-state index in [0.29, 0.717) is 45.4 Å². The number of nitrogens with two attached hydrogens (primary N) is 1. The van der Waals surface area contributed by atoms with Crippen LogP contribution in [0, 0.1) is 11.7 Å². The summed E-state index contributed by atoms with van der Waals surface area (Å²) in [7, 11) is 1.61. The van der Waals surface area contributed by atoms with Crippen molar-refractivity contribution in [3.05, 3.63) is 57.1 Å². The third kappa shape index (κ3) is 2.30. The number of rotatable bonds is 2. The summed E-state index contributed by atoms with van der Waals surface area (Å²) in [5, 5.41) is 12.0. The molecule has 6 rings (SSSR count). The van der Waals surface area contributed by atoms with E-state index in [-0.39, 0.29) is 17.1 Å². The summed E-state index contributed by atoms with van der Waals surface area (Å²) in [4.78, 5) is 31.0. The van der Waals surface area contributed by atoms with Gasteiger partial charge in [-0.05, 0) is 6.07 Å². The molecule has 2 atom stereocenters. The van der Waals surface area contributed by atoms with E-state index in [0.717, 1.165) is 6.07 Å². The van der Waals surface area contributed by atoms with Gasteiger partial charge in [-0.2, -0.15) is 0 Å². The Kier molecular flexibility index (Phi) is 3.76. The predicted octanol–water partition coefficient (Wildman–Crippen LogP) is 2.53. The standard InChI is InChI=1S/C22H17FN4O4S/c1-25-15-13-8-32-20-19(31-21(29)30)18(28)11-6-12(23)17(14(15)16(11)27(13)20)26-7-10-4-2-3-5-22(10,24)9-26/h2-6,8,10H,7,9,24H2,1H3,(H,29,30). The van der Waals surface area contributed by atoms with Crippen LogP contribution in [0.4, 0.5) is 14.9 Å². The smallest absolute Gasteiger partial charge is 0.449 e. The molecule has 162 valence electrons. The molecule has 1 saturated heterocycles. The molecule has 1 aliphatic carbocycles. The van der Waals surface area contributed by atoms with Crippen molar-refractivity contribution in [1.29, 1.82) is 0 Å². The zero-order valence-corrected chi connectivity index (χ0v) is 17.6. The molecule has 0 radical (unpaired) electrons. The number of hydrogen-bond donors (Lipinski definition) is 2. The number of fused-ring (bicyclic) bond motifs is 1. The normalized spacial score (nSPS) is 23.3. The van der Waals surface area contributed by atoms with Gasteiger partial charge in [0.2, 0.25) is 11.2 Å². The first-order valence-electron chi connectivity index (χ1n) is 9.94. The zero-order chi connectivity index (χ0) is 22.4. The Morgan fingerprint density at radius 1 is 1.44 bits per heavy atom. The summed E-state index contributed by atoms with van der Waals surface area (Å²) in [6, 6.07) is 1.16. The number of pyridine rings is 1. The van der Waals surface area contributed by atoms with Crippen molar-refractivity contribution < 1.29 is 19.0 Å². The summed E-state index contributed by atoms with van der Waals surface area (Å²) in [5.41, 5.74) is 6.84. The quantitative estimate of drug-likeness (QED) is 0.453. The maximum Gasteiger partial charge on any atom is 0.511 e. The van der Waals surface area contributed by atoms with Crippen molar-refractivity contribution in [2.45, 2.75) is 5.54 Å². The average Bonchev–Trinajstić information content (AvgIpc) is 3.40. The first-order chi connectivity index (χ1) is 15.3. The second kappa shape index (κ2) is 6.27. The van der Waals surface area contributed by atoms with E-state index in [1.54, 1.807) is 16.8 Å². The molecule has 2 unspecified atom stereocenters. The molecule has 1 aromatic carbocycles. The topological polar surface area (TPSA) is 110 Å². The number of hydrogen-bond acceptors (Lipinski definition) is 7. The van der Waals surface area contributed by atoms with Crippen molar-refractivity contribution in [3.63, 3.8) is 0 Å². The van der Waals surface area contributed by atoms with E-state index in [9.17, 15) is 9.59 Å². The molecule has 2 aliphatic rings. The number of thiazole rings is 1. The molecular weight excluding hydrogens is 435 g/mol. The third-order valence-corrected chi connectivity index (χ3v) is 7.40. The number of carbonyl (C=O) groups is 1.